The van der Waals surface area contributed by atoms with Crippen LogP contribution in [-0.4, -0.2) is 43.2 Å². The van der Waals surface area contributed by atoms with Crippen LogP contribution < -0.4 is 15.8 Å². The average Bonchev–Trinajstić information content (AvgIpc) is 3.39. The van der Waals surface area contributed by atoms with Crippen LogP contribution in [0.15, 0.2) is 48.5 Å². The molecule has 4 rings (SSSR count). The molecule has 5 heteroatoms. The topological polar surface area (TPSA) is 74.3 Å². The van der Waals surface area contributed by atoms with Gasteiger partial charge in [0, 0.05) is 37.6 Å². The molecule has 2 aliphatic rings. The molecule has 0 amide bonds. The van der Waals surface area contributed by atoms with Gasteiger partial charge in [-0.2, -0.15) is 5.26 Å². The van der Waals surface area contributed by atoms with E-state index in [-0.39, 0.29) is 0 Å². The van der Waals surface area contributed by atoms with Crippen molar-refractivity contribution < 1.29 is 4.74 Å². The summed E-state index contributed by atoms with van der Waals surface area (Å²) in [5.41, 5.74) is 9.08. The summed E-state index contributed by atoms with van der Waals surface area (Å²) in [5, 5.41) is 12.5. The minimum atomic E-state index is 0.367. The lowest BCUT2D eigenvalue weighted by Crippen LogP contribution is -2.33. The molecule has 2 fully saturated rings. The zero-order valence-corrected chi connectivity index (χ0v) is 16.2. The Morgan fingerprint density at radius 2 is 1.93 bits per heavy atom. The molecule has 3 atom stereocenters. The zero-order chi connectivity index (χ0) is 19.3. The number of nitrogens with one attached hydrogen (secondary N) is 1. The van der Waals surface area contributed by atoms with Crippen LogP contribution in [0.1, 0.15) is 35.4 Å². The molecule has 2 aromatic rings. The third kappa shape index (κ3) is 4.90. The zero-order valence-electron chi connectivity index (χ0n) is 16.2. The molecular formula is C23H28N4O. The number of likely N-dealkylation sites (tertiary alicyclic amines) is 1. The number of hydrogen-bond acceptors (Lipinski definition) is 5. The van der Waals surface area contributed by atoms with Crippen LogP contribution in [0.25, 0.3) is 0 Å². The summed E-state index contributed by atoms with van der Waals surface area (Å²) in [4.78, 5) is 2.45. The fourth-order valence-electron chi connectivity index (χ4n) is 3.92. The monoisotopic (exact) mass is 376 g/mol. The van der Waals surface area contributed by atoms with E-state index in [0.717, 1.165) is 43.9 Å². The minimum Gasteiger partial charge on any atom is -0.489 e. The van der Waals surface area contributed by atoms with Crippen LogP contribution in [0.4, 0.5) is 0 Å². The lowest BCUT2D eigenvalue weighted by molar-refractivity contribution is 0.306. The molecule has 0 bridgehead atoms. The van der Waals surface area contributed by atoms with Crippen molar-refractivity contribution in [1.29, 1.82) is 5.26 Å². The van der Waals surface area contributed by atoms with Crippen molar-refractivity contribution in [3.8, 4) is 11.8 Å². The van der Waals surface area contributed by atoms with E-state index in [1.165, 1.54) is 12.0 Å². The molecular weight excluding hydrogens is 348 g/mol. The smallest absolute Gasteiger partial charge is 0.119 e. The highest BCUT2D eigenvalue weighted by Crippen LogP contribution is 2.41. The molecule has 2 aromatic carbocycles. The third-order valence-electron chi connectivity index (χ3n) is 5.73. The second kappa shape index (κ2) is 8.74. The molecule has 1 heterocycles. The Labute approximate surface area is 167 Å². The fraction of sp³-hybridized carbons (Fsp3) is 0.435. The van der Waals surface area contributed by atoms with Crippen molar-refractivity contribution in [3.05, 3.63) is 65.2 Å². The molecule has 1 aliphatic carbocycles. The van der Waals surface area contributed by atoms with Gasteiger partial charge in [-0.25, -0.2) is 0 Å². The van der Waals surface area contributed by atoms with E-state index >= 15 is 0 Å². The standard InChI is InChI=1S/C23H28N4O/c24-14-17-1-3-18(4-2-17)16-28-21-7-5-19(6-8-21)22-13-23(22)26-10-12-27-11-9-20(25)15-27/h1-8,20,22-23,26H,9-13,15-16,25H2/t20-,22?,23+/m1/s1. The summed E-state index contributed by atoms with van der Waals surface area (Å²) >= 11 is 0. The maximum atomic E-state index is 8.85. The van der Waals surface area contributed by atoms with Gasteiger partial charge in [-0.15, -0.1) is 0 Å². The van der Waals surface area contributed by atoms with Crippen molar-refractivity contribution >= 4 is 0 Å². The summed E-state index contributed by atoms with van der Waals surface area (Å²) in [6.45, 7) is 4.83. The molecule has 5 nitrogen and oxygen atoms in total. The summed E-state index contributed by atoms with van der Waals surface area (Å²) in [6.07, 6.45) is 2.34. The van der Waals surface area contributed by atoms with E-state index in [2.05, 4.69) is 40.6 Å². The van der Waals surface area contributed by atoms with Crippen LogP contribution in [0, 0.1) is 11.3 Å². The SMILES string of the molecule is N#Cc1ccc(COc2ccc(C3C[C@@H]3NCCN3CC[C@@H](N)C3)cc2)cc1. The predicted molar refractivity (Wildman–Crippen MR) is 110 cm³/mol. The Kier molecular flexibility index (Phi) is 5.92. The first-order valence-electron chi connectivity index (χ1n) is 10.1. The summed E-state index contributed by atoms with van der Waals surface area (Å²) < 4.78 is 5.86. The first-order chi connectivity index (χ1) is 13.7. The van der Waals surface area contributed by atoms with Gasteiger partial charge < -0.3 is 20.7 Å². The van der Waals surface area contributed by atoms with Gasteiger partial charge in [-0.3, -0.25) is 0 Å². The van der Waals surface area contributed by atoms with Crippen LogP contribution >= 0.6 is 0 Å². The highest BCUT2D eigenvalue weighted by molar-refractivity contribution is 5.35. The van der Waals surface area contributed by atoms with Crippen molar-refractivity contribution in [2.75, 3.05) is 26.2 Å². The lowest BCUT2D eigenvalue weighted by atomic mass is 10.1. The maximum Gasteiger partial charge on any atom is 0.119 e. The number of ether oxygens (including phenoxy) is 1. The Bertz CT molecular complexity index is 812. The van der Waals surface area contributed by atoms with E-state index in [9.17, 15) is 0 Å². The van der Waals surface area contributed by atoms with Gasteiger partial charge in [0.1, 0.15) is 12.4 Å². The minimum absolute atomic E-state index is 0.367. The van der Waals surface area contributed by atoms with E-state index in [0.29, 0.717) is 30.2 Å². The Morgan fingerprint density at radius 3 is 2.61 bits per heavy atom. The van der Waals surface area contributed by atoms with Crippen molar-refractivity contribution in [1.82, 2.24) is 10.2 Å². The number of nitrogens with zero attached hydrogens (tertiary/aromatic N) is 2. The quantitative estimate of drug-likeness (QED) is 0.741. The van der Waals surface area contributed by atoms with Gasteiger partial charge in [-0.1, -0.05) is 24.3 Å². The molecule has 146 valence electrons. The van der Waals surface area contributed by atoms with E-state index in [1.54, 1.807) is 0 Å². The van der Waals surface area contributed by atoms with Crippen LogP contribution in [0.3, 0.4) is 0 Å². The molecule has 28 heavy (non-hydrogen) atoms. The van der Waals surface area contributed by atoms with Gasteiger partial charge in [0.05, 0.1) is 11.6 Å². The molecule has 3 N–H and O–H groups in total. The van der Waals surface area contributed by atoms with Gasteiger partial charge in [0.15, 0.2) is 0 Å². The number of nitrogens with two attached hydrogens (primary N) is 1. The molecule has 0 radical (unpaired) electrons. The lowest BCUT2D eigenvalue weighted by Gasteiger charge is -2.15. The van der Waals surface area contributed by atoms with E-state index in [4.69, 9.17) is 15.7 Å². The Hall–Kier alpha value is -2.39. The van der Waals surface area contributed by atoms with Gasteiger partial charge in [-0.05, 0) is 54.8 Å². The molecule has 1 saturated carbocycles. The van der Waals surface area contributed by atoms with Crippen LogP contribution in [0.2, 0.25) is 0 Å². The second-order valence-electron chi connectivity index (χ2n) is 7.92. The summed E-state index contributed by atoms with van der Waals surface area (Å²) in [6, 6.07) is 19.1. The van der Waals surface area contributed by atoms with Crippen LogP contribution in [0.5, 0.6) is 5.75 Å². The largest absolute Gasteiger partial charge is 0.489 e. The molecule has 0 spiro atoms. The van der Waals surface area contributed by atoms with E-state index in [1.807, 2.05) is 24.3 Å². The van der Waals surface area contributed by atoms with Crippen molar-refractivity contribution in [2.45, 2.75) is 37.5 Å². The first-order valence-corrected chi connectivity index (χ1v) is 10.1. The highest BCUT2D eigenvalue weighted by Gasteiger charge is 2.37. The molecule has 0 aromatic heterocycles. The second-order valence-corrected chi connectivity index (χ2v) is 7.92. The van der Waals surface area contributed by atoms with Crippen LogP contribution in [-0.2, 0) is 6.61 Å². The maximum absolute atomic E-state index is 8.85. The highest BCUT2D eigenvalue weighted by atomic mass is 16.5. The van der Waals surface area contributed by atoms with E-state index < -0.39 is 0 Å². The number of hydrogen-bond donors (Lipinski definition) is 2. The van der Waals surface area contributed by atoms with Gasteiger partial charge in [0.2, 0.25) is 0 Å². The van der Waals surface area contributed by atoms with Crippen molar-refractivity contribution in [2.24, 2.45) is 5.73 Å². The number of rotatable bonds is 8. The average molecular weight is 377 g/mol. The molecule has 1 saturated heterocycles. The first kappa shape index (κ1) is 18.9. The third-order valence-corrected chi connectivity index (χ3v) is 5.73. The van der Waals surface area contributed by atoms with Gasteiger partial charge >= 0.3 is 0 Å². The van der Waals surface area contributed by atoms with Crippen molar-refractivity contribution in [3.63, 3.8) is 0 Å². The van der Waals surface area contributed by atoms with Gasteiger partial charge in [0.25, 0.3) is 0 Å². The number of benzene rings is 2. The molecule has 1 unspecified atom stereocenters. The summed E-state index contributed by atoms with van der Waals surface area (Å²) in [7, 11) is 0. The molecule has 1 aliphatic heterocycles. The fourth-order valence-corrected chi connectivity index (χ4v) is 3.92. The Balaban J connectivity index is 1.19. The summed E-state index contributed by atoms with van der Waals surface area (Å²) in [5.74, 6) is 1.50. The predicted octanol–water partition coefficient (Wildman–Crippen LogP) is 2.62. The normalized spacial score (nSPS) is 24.1. The Morgan fingerprint density at radius 1 is 1.14 bits per heavy atom. The number of nitriles is 1.